The molecule has 0 bridgehead atoms. The number of hydrogen-bond acceptors (Lipinski definition) is 2. The largest absolute Gasteiger partial charge is 0.510 e. The SMILES string of the molecule is [2H]c1c([2H])c([2H])c([Si](c2c([2H])c([2H])c([2H])c([2H])c2[2H])(c2c([2H])c([2H])c([2H])c([2H])c2[2H])c2c([2H])c([2H])c([2H])c(-c3cccc(-c4c([2H])c([2H])c5c(c4[2H])C(C([2H])([2H])[2H])(C([2H])([2H])[2H])C([2H])([2H])C([2H])([2H])C5(C([2H])([2H])[2H])C([2H])([2H])[2H])c3-[n+]3[c-]n(-c4[c-]c(Oc5[c-]c6c(cc5)c5ccccc5n6-c5cc(C([2H])([2H])[2H])c(-c6cccc(C(C)(C)C)c6)cn5)ccc4)c4ccccc43)c2[2H])c([2H])c1[2H].[Pt]. The fourth-order valence-electron chi connectivity index (χ4n) is 11.6. The molecule has 0 spiro atoms. The fourth-order valence-corrected chi connectivity index (χ4v) is 15.2. The first-order valence-electron chi connectivity index (χ1n) is 48.9. The van der Waals surface area contributed by atoms with Crippen LogP contribution in [0.1, 0.15) is 139 Å². The van der Waals surface area contributed by atoms with Crippen LogP contribution in [0, 0.1) is 25.3 Å². The Balaban J connectivity index is 0.0000142. The molecule has 1 aliphatic rings. The Morgan fingerprint density at radius 2 is 1.20 bits per heavy atom. The summed E-state index contributed by atoms with van der Waals surface area (Å²) >= 11 is 0. The molecule has 0 amide bonds. The predicted molar refractivity (Wildman–Crippen MR) is 379 cm³/mol. The van der Waals surface area contributed by atoms with Crippen LogP contribution >= 0.6 is 0 Å². The Kier molecular flexibility index (Phi) is 7.57. The number of fused-ring (bicyclic) bond motifs is 5. The third kappa shape index (κ3) is 10.5. The standard InChI is InChI=1S/C85H72N4OSi.Pt/c1-58-50-81(86-56-74(58)59-26-22-28-62(51-59)83(2,3)4)89-77-41-19-18-38-72(77)73-46-45-65(55-80(73)89)90-64-30-24-29-63(54-64)87-57-88(79-43-21-20-42-78(79)87)82-70(39-25-40-71(82)61-44-47-75-76(53-61)85(7,8)49-48-84(75,5)6)60-27-23-37-69(52-60)91(66-31-12-9-13-32-66,67-33-14-10-15-34-67)68-35-16-11-17-36-68;/h9-47,50-53,56H,48-49H2,1-8H3;/q-2;/i1D3,5D3,6D3,7D3,8D3,9D,10D,11D,12D,13D,14D,15D,16D,17D,23D,27D,31D,32D,33D,34D,35D,36D,37D,44D,47D,48D2,49D2,52D,53D;. The minimum absolute atomic E-state index is 0. The summed E-state index contributed by atoms with van der Waals surface area (Å²) in [7, 11) is -6.74. The summed E-state index contributed by atoms with van der Waals surface area (Å²) in [5, 5.41) is -3.79. The van der Waals surface area contributed by atoms with Gasteiger partial charge >= 0.3 is 0 Å². The van der Waals surface area contributed by atoms with Crippen LogP contribution < -0.4 is 30.1 Å². The van der Waals surface area contributed by atoms with Gasteiger partial charge in [-0.3, -0.25) is 4.57 Å². The maximum Gasteiger partial charge on any atom is 0.268 e. The number of aryl methyl sites for hydroxylation is 1. The summed E-state index contributed by atoms with van der Waals surface area (Å²) in [4.78, 5) is 4.89. The monoisotopic (exact) mass is 1430 g/mol. The number of rotatable bonds is 12. The van der Waals surface area contributed by atoms with Gasteiger partial charge in [0.05, 0.1) is 46.9 Å². The van der Waals surface area contributed by atoms with Gasteiger partial charge in [-0.25, -0.2) is 4.98 Å². The zero-order chi connectivity index (χ0) is 97.5. The second-order valence-electron chi connectivity index (χ2n) is 22.6. The number of para-hydroxylation sites is 4. The average molecular weight is 1430 g/mol. The molecule has 0 radical (unpaired) electrons. The number of nitrogens with zero attached hydrogens (tertiary/aromatic N) is 4. The molecule has 1 aliphatic carbocycles. The summed E-state index contributed by atoms with van der Waals surface area (Å²) in [6, 6.07) is 8.74. The Morgan fingerprint density at radius 1 is 0.565 bits per heavy atom. The second-order valence-corrected chi connectivity index (χ2v) is 26.1. The van der Waals surface area contributed by atoms with Gasteiger partial charge in [0, 0.05) is 75.9 Å². The maximum absolute atomic E-state index is 11.1. The molecular weight excluding hydrogens is 1320 g/mol. The van der Waals surface area contributed by atoms with Crippen LogP contribution in [-0.2, 0) is 37.3 Å². The Labute approximate surface area is 614 Å². The van der Waals surface area contributed by atoms with E-state index in [1.54, 1.807) is 34.9 Å². The maximum atomic E-state index is 11.1. The van der Waals surface area contributed by atoms with Crippen molar-refractivity contribution in [2.24, 2.45) is 0 Å². The van der Waals surface area contributed by atoms with Gasteiger partial charge in [-0.05, 0) is 130 Å². The number of imidazole rings is 1. The van der Waals surface area contributed by atoms with E-state index in [1.165, 1.54) is 59.3 Å². The van der Waals surface area contributed by atoms with E-state index in [-0.39, 0.29) is 66.1 Å². The Hall–Kier alpha value is -9.45. The van der Waals surface area contributed by atoms with Crippen molar-refractivity contribution in [1.29, 1.82) is 0 Å². The summed E-state index contributed by atoms with van der Waals surface area (Å²) in [6.45, 7) is -14.9. The molecule has 15 rings (SSSR count). The van der Waals surface area contributed by atoms with Crippen LogP contribution in [0.3, 0.4) is 0 Å². The molecule has 0 atom stereocenters. The topological polar surface area (TPSA) is 35.9 Å². The van der Waals surface area contributed by atoms with Crippen molar-refractivity contribution in [1.82, 2.24) is 14.1 Å². The van der Waals surface area contributed by atoms with E-state index >= 15 is 0 Å². The molecule has 3 aromatic heterocycles. The van der Waals surface area contributed by atoms with Crippen molar-refractivity contribution < 1.29 is 86.6 Å². The minimum Gasteiger partial charge on any atom is -0.510 e. The van der Waals surface area contributed by atoms with Crippen molar-refractivity contribution in [3.63, 3.8) is 0 Å². The van der Waals surface area contributed by atoms with Gasteiger partial charge in [0.1, 0.15) is 5.82 Å². The number of pyridine rings is 1. The number of hydrogen-bond donors (Lipinski definition) is 0. The van der Waals surface area contributed by atoms with Crippen LogP contribution in [-0.4, -0.2) is 22.2 Å². The molecule has 3 heterocycles. The smallest absolute Gasteiger partial charge is 0.268 e. The molecule has 0 aliphatic heterocycles. The molecule has 11 aromatic carbocycles. The van der Waals surface area contributed by atoms with Gasteiger partial charge in [0.2, 0.25) is 0 Å². The van der Waals surface area contributed by atoms with E-state index < -0.39 is 259 Å². The molecule has 0 saturated heterocycles. The molecule has 454 valence electrons. The molecule has 92 heavy (non-hydrogen) atoms. The van der Waals surface area contributed by atoms with E-state index in [1.807, 2.05) is 51.1 Å². The van der Waals surface area contributed by atoms with Gasteiger partial charge in [-0.15, -0.1) is 29.7 Å². The quantitative estimate of drug-likeness (QED) is 0.0529. The number of ether oxygens (including phenoxy) is 1. The third-order valence-electron chi connectivity index (χ3n) is 15.9. The van der Waals surface area contributed by atoms with Crippen LogP contribution in [0.2, 0.25) is 0 Å². The third-order valence-corrected chi connectivity index (χ3v) is 19.9. The number of aromatic nitrogens is 4. The van der Waals surface area contributed by atoms with Gasteiger partial charge in [0.25, 0.3) is 6.33 Å². The van der Waals surface area contributed by atoms with E-state index in [2.05, 4.69) is 18.5 Å². The number of benzene rings is 11. The van der Waals surface area contributed by atoms with Crippen LogP contribution in [0.25, 0.3) is 83.4 Å². The van der Waals surface area contributed by atoms with Crippen molar-refractivity contribution in [2.45, 2.75) is 84.0 Å². The van der Waals surface area contributed by atoms with Crippen LogP contribution in [0.4, 0.5) is 0 Å². The predicted octanol–water partition coefficient (Wildman–Crippen LogP) is 17.9. The summed E-state index contributed by atoms with van der Waals surface area (Å²) in [5.41, 5.74) is -15.7. The first-order chi connectivity index (χ1) is 61.0. The Morgan fingerprint density at radius 3 is 1.89 bits per heavy atom. The normalized spacial score (nSPS) is 21.8. The van der Waals surface area contributed by atoms with Crippen molar-refractivity contribution in [2.75, 3.05) is 0 Å². The van der Waals surface area contributed by atoms with Crippen molar-refractivity contribution in [3.05, 3.63) is 307 Å². The second kappa shape index (κ2) is 23.7. The van der Waals surface area contributed by atoms with Crippen LogP contribution in [0.5, 0.6) is 11.5 Å². The first-order valence-corrected chi connectivity index (χ1v) is 30.4. The summed E-state index contributed by atoms with van der Waals surface area (Å²) in [6.07, 6.45) is -5.05. The zero-order valence-electron chi connectivity index (χ0n) is 89.7. The molecule has 0 saturated carbocycles. The van der Waals surface area contributed by atoms with Gasteiger partial charge in [0.15, 0.2) is 8.07 Å². The minimum atomic E-state index is -6.74. The molecule has 14 aromatic rings. The van der Waals surface area contributed by atoms with Gasteiger partial charge < -0.3 is 13.9 Å². The molecule has 0 unspecified atom stereocenters. The zero-order valence-corrected chi connectivity index (χ0v) is 52.0. The van der Waals surface area contributed by atoms with Gasteiger partial charge in [-0.2, -0.15) is 18.2 Å². The van der Waals surface area contributed by atoms with E-state index in [9.17, 15) is 39.8 Å². The fraction of sp³-hybridized carbons (Fsp3) is 0.153. The molecule has 0 fully saturated rings. The van der Waals surface area contributed by atoms with E-state index in [4.69, 9.17) is 26.2 Å². The van der Waals surface area contributed by atoms with Crippen LogP contribution in [0.15, 0.2) is 267 Å². The van der Waals surface area contributed by atoms with Crippen molar-refractivity contribution in [3.8, 4) is 62.1 Å². The van der Waals surface area contributed by atoms with E-state index in [0.29, 0.717) is 32.9 Å². The summed E-state index contributed by atoms with van der Waals surface area (Å²) in [5.74, 6) is 0.133. The summed E-state index contributed by atoms with van der Waals surface area (Å²) < 4.78 is 399. The van der Waals surface area contributed by atoms with Gasteiger partial charge in [-0.1, -0.05) is 272 Å². The molecule has 0 N–H and O–H groups in total. The first kappa shape index (κ1) is 29.4. The van der Waals surface area contributed by atoms with Crippen molar-refractivity contribution >= 4 is 61.7 Å². The molecule has 5 nitrogen and oxygen atoms in total. The average Bonchev–Trinajstić information content (AvgIpc) is 1.33. The van der Waals surface area contributed by atoms with E-state index in [0.717, 1.165) is 28.3 Å². The Bertz CT molecular complexity index is 7000. The molecule has 7 heteroatoms. The molecular formula is C85H72N4OPtSi-2.